The zero-order valence-electron chi connectivity index (χ0n) is 12.7. The molecule has 1 saturated heterocycles. The zero-order chi connectivity index (χ0) is 14.3. The van der Waals surface area contributed by atoms with E-state index in [2.05, 4.69) is 19.2 Å². The highest BCUT2D eigenvalue weighted by Gasteiger charge is 2.27. The smallest absolute Gasteiger partial charge is 0.219 e. The van der Waals surface area contributed by atoms with Crippen molar-refractivity contribution in [2.24, 2.45) is 0 Å². The summed E-state index contributed by atoms with van der Waals surface area (Å²) in [6.07, 6.45) is 5.74. The standard InChI is InChI=1S/C15H30N2O2/c1-4-8-15(19,9-5-2)12-16-14-6-10-17(11-7-14)13(3)18/h14,16,19H,4-12H2,1-3H3. The summed E-state index contributed by atoms with van der Waals surface area (Å²) >= 11 is 0. The number of amides is 1. The van der Waals surface area contributed by atoms with Crippen LogP contribution in [0.3, 0.4) is 0 Å². The van der Waals surface area contributed by atoms with Crippen molar-refractivity contribution in [1.29, 1.82) is 0 Å². The summed E-state index contributed by atoms with van der Waals surface area (Å²) in [6.45, 7) is 8.23. The van der Waals surface area contributed by atoms with E-state index in [-0.39, 0.29) is 5.91 Å². The lowest BCUT2D eigenvalue weighted by Gasteiger charge is -2.35. The molecule has 19 heavy (non-hydrogen) atoms. The van der Waals surface area contributed by atoms with Crippen molar-refractivity contribution in [3.05, 3.63) is 0 Å². The first-order valence-corrected chi connectivity index (χ1v) is 7.72. The van der Waals surface area contributed by atoms with E-state index in [1.165, 1.54) is 0 Å². The molecule has 0 aromatic heterocycles. The third-order valence-corrected chi connectivity index (χ3v) is 4.09. The van der Waals surface area contributed by atoms with Crippen molar-refractivity contribution in [2.75, 3.05) is 19.6 Å². The molecule has 0 atom stereocenters. The second-order valence-electron chi connectivity index (χ2n) is 5.89. The van der Waals surface area contributed by atoms with E-state index in [0.29, 0.717) is 12.6 Å². The third-order valence-electron chi connectivity index (χ3n) is 4.09. The Balaban J connectivity index is 2.34. The second-order valence-corrected chi connectivity index (χ2v) is 5.89. The molecular formula is C15H30N2O2. The van der Waals surface area contributed by atoms with Crippen LogP contribution in [0.1, 0.15) is 59.3 Å². The predicted octanol–water partition coefficient (Wildman–Crippen LogP) is 1.92. The average molecular weight is 270 g/mol. The van der Waals surface area contributed by atoms with Gasteiger partial charge in [0.05, 0.1) is 5.60 Å². The topological polar surface area (TPSA) is 52.6 Å². The lowest BCUT2D eigenvalue weighted by molar-refractivity contribution is -0.129. The van der Waals surface area contributed by atoms with Crippen LogP contribution in [0.15, 0.2) is 0 Å². The number of carbonyl (C=O) groups excluding carboxylic acids is 1. The summed E-state index contributed by atoms with van der Waals surface area (Å²) in [6, 6.07) is 0.441. The van der Waals surface area contributed by atoms with Crippen LogP contribution >= 0.6 is 0 Å². The Bertz CT molecular complexity index is 267. The molecule has 0 saturated carbocycles. The number of likely N-dealkylation sites (tertiary alicyclic amines) is 1. The van der Waals surface area contributed by atoms with Crippen molar-refractivity contribution in [3.8, 4) is 0 Å². The van der Waals surface area contributed by atoms with Gasteiger partial charge < -0.3 is 15.3 Å². The predicted molar refractivity (Wildman–Crippen MR) is 78.0 cm³/mol. The van der Waals surface area contributed by atoms with E-state index < -0.39 is 5.60 Å². The van der Waals surface area contributed by atoms with Crippen LogP contribution in [-0.4, -0.2) is 47.2 Å². The minimum atomic E-state index is -0.554. The molecule has 1 rings (SSSR count). The van der Waals surface area contributed by atoms with Crippen LogP contribution in [0.2, 0.25) is 0 Å². The average Bonchev–Trinajstić information content (AvgIpc) is 2.37. The van der Waals surface area contributed by atoms with Gasteiger partial charge in [0.2, 0.25) is 5.91 Å². The summed E-state index contributed by atoms with van der Waals surface area (Å²) in [5, 5.41) is 14.1. The molecule has 2 N–H and O–H groups in total. The number of hydrogen-bond acceptors (Lipinski definition) is 3. The Hall–Kier alpha value is -0.610. The summed E-state index contributed by atoms with van der Waals surface area (Å²) in [5.41, 5.74) is -0.554. The Morgan fingerprint density at radius 1 is 1.26 bits per heavy atom. The fourth-order valence-corrected chi connectivity index (χ4v) is 2.97. The fraction of sp³-hybridized carbons (Fsp3) is 0.933. The SMILES string of the molecule is CCCC(O)(CCC)CNC1CCN(C(C)=O)CC1. The van der Waals surface area contributed by atoms with E-state index in [1.54, 1.807) is 6.92 Å². The Morgan fingerprint density at radius 2 is 1.79 bits per heavy atom. The van der Waals surface area contributed by atoms with Crippen LogP contribution < -0.4 is 5.32 Å². The van der Waals surface area contributed by atoms with Gasteiger partial charge in [0.1, 0.15) is 0 Å². The number of aliphatic hydroxyl groups is 1. The first-order chi connectivity index (χ1) is 9.00. The molecule has 0 unspecified atom stereocenters. The zero-order valence-corrected chi connectivity index (χ0v) is 12.7. The van der Waals surface area contributed by atoms with Crippen molar-refractivity contribution < 1.29 is 9.90 Å². The van der Waals surface area contributed by atoms with Crippen LogP contribution in [0, 0.1) is 0 Å². The van der Waals surface area contributed by atoms with E-state index in [4.69, 9.17) is 0 Å². The molecule has 112 valence electrons. The maximum atomic E-state index is 11.3. The molecule has 4 nitrogen and oxygen atoms in total. The quantitative estimate of drug-likeness (QED) is 0.743. The van der Waals surface area contributed by atoms with E-state index >= 15 is 0 Å². The molecule has 4 heteroatoms. The van der Waals surface area contributed by atoms with Gasteiger partial charge in [0, 0.05) is 32.6 Å². The molecule has 1 heterocycles. The van der Waals surface area contributed by atoms with Gasteiger partial charge in [-0.3, -0.25) is 4.79 Å². The Morgan fingerprint density at radius 3 is 2.21 bits per heavy atom. The molecule has 1 aliphatic rings. The van der Waals surface area contributed by atoms with E-state index in [0.717, 1.165) is 51.6 Å². The van der Waals surface area contributed by atoms with Crippen molar-refractivity contribution in [2.45, 2.75) is 70.9 Å². The molecule has 0 aromatic rings. The van der Waals surface area contributed by atoms with Crippen LogP contribution in [0.25, 0.3) is 0 Å². The number of rotatable bonds is 7. The fourth-order valence-electron chi connectivity index (χ4n) is 2.97. The minimum absolute atomic E-state index is 0.173. The summed E-state index contributed by atoms with van der Waals surface area (Å²) < 4.78 is 0. The van der Waals surface area contributed by atoms with Gasteiger partial charge in [0.15, 0.2) is 0 Å². The number of nitrogens with one attached hydrogen (secondary N) is 1. The highest BCUT2D eigenvalue weighted by Crippen LogP contribution is 2.20. The van der Waals surface area contributed by atoms with Crippen molar-refractivity contribution in [3.63, 3.8) is 0 Å². The largest absolute Gasteiger partial charge is 0.389 e. The summed E-state index contributed by atoms with van der Waals surface area (Å²) in [7, 11) is 0. The molecule has 0 bridgehead atoms. The van der Waals surface area contributed by atoms with Gasteiger partial charge in [-0.2, -0.15) is 0 Å². The number of nitrogens with zero attached hydrogens (tertiary/aromatic N) is 1. The molecule has 0 spiro atoms. The normalized spacial score (nSPS) is 17.8. The second kappa shape index (κ2) is 7.85. The highest BCUT2D eigenvalue weighted by molar-refractivity contribution is 5.73. The monoisotopic (exact) mass is 270 g/mol. The van der Waals surface area contributed by atoms with Crippen LogP contribution in [0.4, 0.5) is 0 Å². The van der Waals surface area contributed by atoms with E-state index in [1.807, 2.05) is 4.90 Å². The third kappa shape index (κ3) is 5.49. The maximum absolute atomic E-state index is 11.3. The van der Waals surface area contributed by atoms with Gasteiger partial charge in [-0.15, -0.1) is 0 Å². The summed E-state index contributed by atoms with van der Waals surface area (Å²) in [4.78, 5) is 13.2. The summed E-state index contributed by atoms with van der Waals surface area (Å²) in [5.74, 6) is 0.173. The van der Waals surface area contributed by atoms with Crippen molar-refractivity contribution in [1.82, 2.24) is 10.2 Å². The molecule has 1 amide bonds. The highest BCUT2D eigenvalue weighted by atomic mass is 16.3. The van der Waals surface area contributed by atoms with E-state index in [9.17, 15) is 9.90 Å². The van der Waals surface area contributed by atoms with Gasteiger partial charge >= 0.3 is 0 Å². The first-order valence-electron chi connectivity index (χ1n) is 7.72. The lowest BCUT2D eigenvalue weighted by atomic mass is 9.92. The molecular weight excluding hydrogens is 240 g/mol. The maximum Gasteiger partial charge on any atom is 0.219 e. The lowest BCUT2D eigenvalue weighted by Crippen LogP contribution is -2.49. The van der Waals surface area contributed by atoms with Gasteiger partial charge in [-0.1, -0.05) is 26.7 Å². The van der Waals surface area contributed by atoms with Gasteiger partial charge in [-0.25, -0.2) is 0 Å². The molecule has 0 radical (unpaired) electrons. The Labute approximate surface area is 117 Å². The molecule has 0 aliphatic carbocycles. The van der Waals surface area contributed by atoms with Gasteiger partial charge in [0.25, 0.3) is 0 Å². The van der Waals surface area contributed by atoms with Crippen molar-refractivity contribution >= 4 is 5.91 Å². The van der Waals surface area contributed by atoms with Crippen LogP contribution in [-0.2, 0) is 4.79 Å². The Kier molecular flexibility index (Phi) is 6.80. The van der Waals surface area contributed by atoms with Crippen LogP contribution in [0.5, 0.6) is 0 Å². The molecule has 0 aromatic carbocycles. The number of carbonyl (C=O) groups is 1. The first kappa shape index (κ1) is 16.4. The minimum Gasteiger partial charge on any atom is -0.389 e. The van der Waals surface area contributed by atoms with Gasteiger partial charge in [-0.05, 0) is 25.7 Å². The molecule has 1 fully saturated rings. The number of hydrogen-bond donors (Lipinski definition) is 2. The number of piperidine rings is 1. The molecule has 1 aliphatic heterocycles.